The van der Waals surface area contributed by atoms with Crippen LogP contribution in [0.15, 0.2) is 0 Å². The van der Waals surface area contributed by atoms with Gasteiger partial charge in [-0.2, -0.15) is 0 Å². The average molecular weight is 255 g/mol. The van der Waals surface area contributed by atoms with Crippen molar-refractivity contribution in [2.45, 2.75) is 25.9 Å². The van der Waals surface area contributed by atoms with Crippen LogP contribution in [0.1, 0.15) is 28.2 Å². The van der Waals surface area contributed by atoms with Crippen LogP contribution in [0.3, 0.4) is 0 Å². The predicted molar refractivity (Wildman–Crippen MR) is 67.7 cm³/mol. The van der Waals surface area contributed by atoms with E-state index in [-0.39, 0.29) is 12.0 Å². The number of nitrogens with one attached hydrogen (secondary N) is 2. The number of nitrogens with zero attached hydrogens (tertiary/aromatic N) is 1. The fourth-order valence-electron chi connectivity index (χ4n) is 1.80. The van der Waals surface area contributed by atoms with Gasteiger partial charge in [0.25, 0.3) is 5.91 Å². The van der Waals surface area contributed by atoms with Crippen molar-refractivity contribution < 1.29 is 9.53 Å². The van der Waals surface area contributed by atoms with E-state index in [1.54, 1.807) is 7.05 Å². The molecule has 2 rings (SSSR count). The van der Waals surface area contributed by atoms with Gasteiger partial charge in [-0.1, -0.05) is 11.3 Å². The molecule has 0 spiro atoms. The smallest absolute Gasteiger partial charge is 0.263 e. The monoisotopic (exact) mass is 255 g/mol. The topological polar surface area (TPSA) is 63.2 Å². The second kappa shape index (κ2) is 5.46. The van der Waals surface area contributed by atoms with Crippen LogP contribution in [0.25, 0.3) is 0 Å². The van der Waals surface area contributed by atoms with Crippen LogP contribution in [0, 0.1) is 6.92 Å². The molecule has 1 atom stereocenters. The highest BCUT2D eigenvalue weighted by Crippen LogP contribution is 2.23. The molecule has 2 heterocycles. The Hall–Kier alpha value is -1.14. The third-order valence-electron chi connectivity index (χ3n) is 2.73. The normalized spacial score (nSPS) is 19.3. The molecule has 17 heavy (non-hydrogen) atoms. The van der Waals surface area contributed by atoms with E-state index < -0.39 is 0 Å². The molecule has 6 heteroatoms. The molecule has 1 amide bonds. The zero-order valence-corrected chi connectivity index (χ0v) is 10.9. The molecule has 2 N–H and O–H groups in total. The van der Waals surface area contributed by atoms with Crippen LogP contribution in [0.4, 0.5) is 5.13 Å². The van der Waals surface area contributed by atoms with Crippen LogP contribution in [0.2, 0.25) is 0 Å². The Balaban J connectivity index is 1.94. The van der Waals surface area contributed by atoms with Gasteiger partial charge in [0.15, 0.2) is 5.13 Å². The maximum atomic E-state index is 11.5. The fraction of sp³-hybridized carbons (Fsp3) is 0.636. The summed E-state index contributed by atoms with van der Waals surface area (Å²) in [4.78, 5) is 16.5. The number of aryl methyl sites for hydroxylation is 1. The molecule has 0 saturated carbocycles. The molecule has 1 aromatic heterocycles. The lowest BCUT2D eigenvalue weighted by molar-refractivity contribution is 0.0966. The molecule has 1 aliphatic rings. The van der Waals surface area contributed by atoms with E-state index in [1.165, 1.54) is 11.3 Å². The van der Waals surface area contributed by atoms with Crippen molar-refractivity contribution in [3.05, 3.63) is 10.6 Å². The Bertz CT molecular complexity index is 399. The van der Waals surface area contributed by atoms with Crippen LogP contribution >= 0.6 is 11.3 Å². The van der Waals surface area contributed by atoms with Gasteiger partial charge >= 0.3 is 0 Å². The van der Waals surface area contributed by atoms with E-state index in [1.807, 2.05) is 6.92 Å². The summed E-state index contributed by atoms with van der Waals surface area (Å²) >= 11 is 1.39. The molecule has 0 bridgehead atoms. The number of hydrogen-bond donors (Lipinski definition) is 2. The van der Waals surface area contributed by atoms with E-state index in [9.17, 15) is 4.79 Å². The quantitative estimate of drug-likeness (QED) is 0.853. The van der Waals surface area contributed by atoms with Crippen LogP contribution in [-0.4, -0.2) is 37.2 Å². The van der Waals surface area contributed by atoms with Crippen molar-refractivity contribution in [2.24, 2.45) is 0 Å². The summed E-state index contributed by atoms with van der Waals surface area (Å²) in [5.74, 6) is -0.0785. The highest BCUT2D eigenvalue weighted by atomic mass is 32.1. The van der Waals surface area contributed by atoms with Gasteiger partial charge in [-0.25, -0.2) is 4.98 Å². The van der Waals surface area contributed by atoms with E-state index >= 15 is 0 Å². The van der Waals surface area contributed by atoms with Gasteiger partial charge < -0.3 is 15.4 Å². The number of rotatable bonds is 4. The third kappa shape index (κ3) is 2.95. The summed E-state index contributed by atoms with van der Waals surface area (Å²) < 4.78 is 5.52. The standard InChI is InChI=1S/C11H17N3O2S/c1-7-9(10(15)12-2)17-11(14-7)13-6-8-4-3-5-16-8/h8H,3-6H2,1-2H3,(H,12,15)(H,13,14). The zero-order valence-electron chi connectivity index (χ0n) is 10.1. The molecular formula is C11H17N3O2S. The van der Waals surface area contributed by atoms with Crippen molar-refractivity contribution in [2.75, 3.05) is 25.5 Å². The Kier molecular flexibility index (Phi) is 3.96. The summed E-state index contributed by atoms with van der Waals surface area (Å²) in [6.07, 6.45) is 2.51. The first-order chi connectivity index (χ1) is 8.20. The minimum absolute atomic E-state index is 0.0785. The molecule has 0 aliphatic carbocycles. The number of thiazole rings is 1. The summed E-state index contributed by atoms with van der Waals surface area (Å²) in [7, 11) is 1.63. The van der Waals surface area contributed by atoms with Gasteiger partial charge in [0.2, 0.25) is 0 Å². The van der Waals surface area contributed by atoms with Crippen molar-refractivity contribution in [1.29, 1.82) is 0 Å². The van der Waals surface area contributed by atoms with Gasteiger partial charge in [-0.3, -0.25) is 4.79 Å². The second-order valence-electron chi connectivity index (χ2n) is 4.03. The van der Waals surface area contributed by atoms with Crippen LogP contribution < -0.4 is 10.6 Å². The Morgan fingerprint density at radius 2 is 2.47 bits per heavy atom. The zero-order chi connectivity index (χ0) is 12.3. The molecule has 1 fully saturated rings. The number of aromatic nitrogens is 1. The number of amides is 1. The molecular weight excluding hydrogens is 238 g/mol. The molecule has 0 aromatic carbocycles. The number of carbonyl (C=O) groups is 1. The Morgan fingerprint density at radius 1 is 1.65 bits per heavy atom. The molecule has 1 aromatic rings. The van der Waals surface area contributed by atoms with Gasteiger partial charge in [-0.05, 0) is 19.8 Å². The summed E-state index contributed by atoms with van der Waals surface area (Å²) in [5.41, 5.74) is 0.768. The Morgan fingerprint density at radius 3 is 3.12 bits per heavy atom. The lowest BCUT2D eigenvalue weighted by atomic mass is 10.2. The van der Waals surface area contributed by atoms with Crippen LogP contribution in [0.5, 0.6) is 0 Å². The molecule has 5 nitrogen and oxygen atoms in total. The number of carbonyl (C=O) groups excluding carboxylic acids is 1. The number of hydrogen-bond acceptors (Lipinski definition) is 5. The average Bonchev–Trinajstić information content (AvgIpc) is 2.94. The van der Waals surface area contributed by atoms with E-state index in [0.717, 1.165) is 36.8 Å². The minimum atomic E-state index is -0.0785. The maximum absolute atomic E-state index is 11.5. The molecule has 1 saturated heterocycles. The first-order valence-electron chi connectivity index (χ1n) is 5.75. The van der Waals surface area contributed by atoms with Crippen molar-refractivity contribution >= 4 is 22.4 Å². The summed E-state index contributed by atoms with van der Waals surface area (Å²) in [6, 6.07) is 0. The first kappa shape index (κ1) is 12.3. The number of anilines is 1. The molecule has 0 radical (unpaired) electrons. The predicted octanol–water partition coefficient (Wildman–Crippen LogP) is 1.40. The highest BCUT2D eigenvalue weighted by molar-refractivity contribution is 7.17. The summed E-state index contributed by atoms with van der Waals surface area (Å²) in [6.45, 7) is 3.46. The second-order valence-corrected chi connectivity index (χ2v) is 5.03. The van der Waals surface area contributed by atoms with E-state index in [4.69, 9.17) is 4.74 Å². The van der Waals surface area contributed by atoms with Gasteiger partial charge in [0, 0.05) is 20.2 Å². The largest absolute Gasteiger partial charge is 0.376 e. The minimum Gasteiger partial charge on any atom is -0.376 e. The lowest BCUT2D eigenvalue weighted by Gasteiger charge is -2.08. The van der Waals surface area contributed by atoms with Crippen molar-refractivity contribution in [3.8, 4) is 0 Å². The van der Waals surface area contributed by atoms with Crippen molar-refractivity contribution in [1.82, 2.24) is 10.3 Å². The van der Waals surface area contributed by atoms with Gasteiger partial charge in [0.05, 0.1) is 11.8 Å². The molecule has 1 aliphatic heterocycles. The maximum Gasteiger partial charge on any atom is 0.263 e. The molecule has 94 valence electrons. The fourth-order valence-corrected chi connectivity index (χ4v) is 2.72. The van der Waals surface area contributed by atoms with Gasteiger partial charge in [-0.15, -0.1) is 0 Å². The third-order valence-corrected chi connectivity index (χ3v) is 3.85. The van der Waals surface area contributed by atoms with E-state index in [0.29, 0.717) is 4.88 Å². The van der Waals surface area contributed by atoms with Crippen LogP contribution in [-0.2, 0) is 4.74 Å². The summed E-state index contributed by atoms with van der Waals surface area (Å²) in [5, 5.41) is 6.63. The highest BCUT2D eigenvalue weighted by Gasteiger charge is 2.17. The van der Waals surface area contributed by atoms with Gasteiger partial charge in [0.1, 0.15) is 4.88 Å². The van der Waals surface area contributed by atoms with E-state index in [2.05, 4.69) is 15.6 Å². The Labute approximate surface area is 105 Å². The SMILES string of the molecule is CNC(=O)c1sc(NCC2CCCO2)nc1C. The van der Waals surface area contributed by atoms with Crippen molar-refractivity contribution in [3.63, 3.8) is 0 Å². The lowest BCUT2D eigenvalue weighted by Crippen LogP contribution is -2.18. The molecule has 1 unspecified atom stereocenters. The number of ether oxygens (including phenoxy) is 1. The first-order valence-corrected chi connectivity index (χ1v) is 6.57.